The molecule has 0 unspecified atom stereocenters. The highest BCUT2D eigenvalue weighted by Crippen LogP contribution is 2.20. The second kappa shape index (κ2) is 7.72. The van der Waals surface area contributed by atoms with Crippen LogP contribution in [0, 0.1) is 6.92 Å². The molecule has 2 aromatic heterocycles. The highest BCUT2D eigenvalue weighted by Gasteiger charge is 2.10. The molecule has 0 aliphatic carbocycles. The van der Waals surface area contributed by atoms with E-state index in [2.05, 4.69) is 25.6 Å². The molecular formula is C18H16ClN5O. The van der Waals surface area contributed by atoms with E-state index in [1.807, 2.05) is 25.1 Å². The summed E-state index contributed by atoms with van der Waals surface area (Å²) in [5, 5.41) is 6.52. The minimum atomic E-state index is -0.327. The first-order valence-corrected chi connectivity index (χ1v) is 8.02. The van der Waals surface area contributed by atoms with Gasteiger partial charge < -0.3 is 10.6 Å². The molecule has 0 fully saturated rings. The molecule has 2 heterocycles. The molecule has 25 heavy (non-hydrogen) atoms. The molecule has 0 spiro atoms. The van der Waals surface area contributed by atoms with Crippen LogP contribution in [0.2, 0.25) is 5.02 Å². The van der Waals surface area contributed by atoms with Crippen molar-refractivity contribution in [2.24, 2.45) is 0 Å². The summed E-state index contributed by atoms with van der Waals surface area (Å²) in [6.45, 7) is 2.46. The average molecular weight is 354 g/mol. The lowest BCUT2D eigenvalue weighted by molar-refractivity contribution is 0.102. The number of hydrogen-bond donors (Lipinski definition) is 2. The Morgan fingerprint density at radius 3 is 2.84 bits per heavy atom. The predicted molar refractivity (Wildman–Crippen MR) is 97.7 cm³/mol. The SMILES string of the molecule is Cc1ccc(NC(=O)c2cc(NCc3cccnc3)ncn2)cc1Cl. The van der Waals surface area contributed by atoms with Gasteiger partial charge in [-0.15, -0.1) is 0 Å². The predicted octanol–water partition coefficient (Wildman–Crippen LogP) is 3.70. The van der Waals surface area contributed by atoms with Gasteiger partial charge in [0.25, 0.3) is 5.91 Å². The van der Waals surface area contributed by atoms with E-state index in [-0.39, 0.29) is 11.6 Å². The summed E-state index contributed by atoms with van der Waals surface area (Å²) in [5.74, 6) is 0.234. The zero-order valence-corrected chi connectivity index (χ0v) is 14.3. The second-order valence-electron chi connectivity index (χ2n) is 5.42. The first kappa shape index (κ1) is 16.9. The van der Waals surface area contributed by atoms with Crippen molar-refractivity contribution >= 4 is 29.0 Å². The largest absolute Gasteiger partial charge is 0.366 e. The fourth-order valence-corrected chi connectivity index (χ4v) is 2.32. The summed E-state index contributed by atoms with van der Waals surface area (Å²) >= 11 is 6.08. The van der Waals surface area contributed by atoms with Crippen molar-refractivity contribution in [1.29, 1.82) is 0 Å². The Bertz CT molecular complexity index is 886. The molecule has 0 radical (unpaired) electrons. The summed E-state index contributed by atoms with van der Waals surface area (Å²) < 4.78 is 0. The summed E-state index contributed by atoms with van der Waals surface area (Å²) in [4.78, 5) is 24.6. The maximum absolute atomic E-state index is 12.4. The van der Waals surface area contributed by atoms with Crippen molar-refractivity contribution in [3.8, 4) is 0 Å². The number of nitrogens with zero attached hydrogens (tertiary/aromatic N) is 3. The van der Waals surface area contributed by atoms with E-state index in [4.69, 9.17) is 11.6 Å². The van der Waals surface area contributed by atoms with E-state index in [9.17, 15) is 4.79 Å². The van der Waals surface area contributed by atoms with Crippen LogP contribution in [0.5, 0.6) is 0 Å². The van der Waals surface area contributed by atoms with Gasteiger partial charge in [0, 0.05) is 35.7 Å². The van der Waals surface area contributed by atoms with E-state index in [0.29, 0.717) is 23.1 Å². The Morgan fingerprint density at radius 2 is 2.08 bits per heavy atom. The van der Waals surface area contributed by atoms with Crippen LogP contribution in [0.25, 0.3) is 0 Å². The number of amides is 1. The number of benzene rings is 1. The minimum Gasteiger partial charge on any atom is -0.366 e. The van der Waals surface area contributed by atoms with Crippen LogP contribution in [0.4, 0.5) is 11.5 Å². The minimum absolute atomic E-state index is 0.264. The van der Waals surface area contributed by atoms with Crippen molar-refractivity contribution in [3.05, 3.63) is 77.0 Å². The van der Waals surface area contributed by atoms with Crippen molar-refractivity contribution in [1.82, 2.24) is 15.0 Å². The van der Waals surface area contributed by atoms with Gasteiger partial charge in [0.05, 0.1) is 0 Å². The number of rotatable bonds is 5. The molecule has 0 aliphatic rings. The highest BCUT2D eigenvalue weighted by atomic mass is 35.5. The van der Waals surface area contributed by atoms with E-state index >= 15 is 0 Å². The molecule has 0 bridgehead atoms. The lowest BCUT2D eigenvalue weighted by Gasteiger charge is -2.08. The quantitative estimate of drug-likeness (QED) is 0.731. The second-order valence-corrected chi connectivity index (χ2v) is 5.83. The number of hydrogen-bond acceptors (Lipinski definition) is 5. The number of halogens is 1. The lowest BCUT2D eigenvalue weighted by Crippen LogP contribution is -2.14. The van der Waals surface area contributed by atoms with Gasteiger partial charge in [-0.3, -0.25) is 9.78 Å². The van der Waals surface area contributed by atoms with E-state index in [1.54, 1.807) is 30.6 Å². The monoisotopic (exact) mass is 353 g/mol. The lowest BCUT2D eigenvalue weighted by atomic mass is 10.2. The first-order chi connectivity index (χ1) is 12.1. The van der Waals surface area contributed by atoms with Crippen molar-refractivity contribution in [3.63, 3.8) is 0 Å². The molecule has 1 amide bonds. The molecule has 0 aliphatic heterocycles. The van der Waals surface area contributed by atoms with Gasteiger partial charge in [-0.2, -0.15) is 0 Å². The van der Waals surface area contributed by atoms with E-state index < -0.39 is 0 Å². The molecule has 3 rings (SSSR count). The van der Waals surface area contributed by atoms with E-state index in [1.165, 1.54) is 6.33 Å². The Morgan fingerprint density at radius 1 is 1.20 bits per heavy atom. The van der Waals surface area contributed by atoms with Crippen LogP contribution >= 0.6 is 11.6 Å². The maximum atomic E-state index is 12.4. The van der Waals surface area contributed by atoms with Crippen molar-refractivity contribution in [2.45, 2.75) is 13.5 Å². The molecule has 126 valence electrons. The molecular weight excluding hydrogens is 338 g/mol. The first-order valence-electron chi connectivity index (χ1n) is 7.64. The zero-order chi connectivity index (χ0) is 17.6. The third kappa shape index (κ3) is 4.51. The van der Waals surface area contributed by atoms with Gasteiger partial charge in [0.15, 0.2) is 0 Å². The third-order valence-corrected chi connectivity index (χ3v) is 3.93. The average Bonchev–Trinajstić information content (AvgIpc) is 2.64. The Labute approximate surface area is 150 Å². The molecule has 7 heteroatoms. The van der Waals surface area contributed by atoms with Crippen LogP contribution < -0.4 is 10.6 Å². The molecule has 3 aromatic rings. The number of nitrogens with one attached hydrogen (secondary N) is 2. The van der Waals surface area contributed by atoms with Crippen molar-refractivity contribution in [2.75, 3.05) is 10.6 Å². The highest BCUT2D eigenvalue weighted by molar-refractivity contribution is 6.31. The summed E-state index contributed by atoms with van der Waals surface area (Å²) in [6.07, 6.45) is 4.83. The normalized spacial score (nSPS) is 10.3. The summed E-state index contributed by atoms with van der Waals surface area (Å²) in [5.41, 5.74) is 2.84. The summed E-state index contributed by atoms with van der Waals surface area (Å²) in [7, 11) is 0. The number of aromatic nitrogens is 3. The number of pyridine rings is 1. The van der Waals surface area contributed by atoms with Gasteiger partial charge in [0.2, 0.25) is 0 Å². The van der Waals surface area contributed by atoms with E-state index in [0.717, 1.165) is 11.1 Å². The fourth-order valence-electron chi connectivity index (χ4n) is 2.14. The maximum Gasteiger partial charge on any atom is 0.274 e. The van der Waals surface area contributed by atoms with Gasteiger partial charge in [0.1, 0.15) is 17.8 Å². The molecule has 0 saturated heterocycles. The smallest absolute Gasteiger partial charge is 0.274 e. The van der Waals surface area contributed by atoms with Crippen LogP contribution in [0.1, 0.15) is 21.6 Å². The number of anilines is 2. The Balaban J connectivity index is 1.67. The number of aryl methyl sites for hydroxylation is 1. The number of carbonyl (C=O) groups is 1. The van der Waals surface area contributed by atoms with Crippen LogP contribution in [0.15, 0.2) is 55.1 Å². The Kier molecular flexibility index (Phi) is 5.20. The molecule has 0 saturated carbocycles. The molecule has 6 nitrogen and oxygen atoms in total. The van der Waals surface area contributed by atoms with Crippen molar-refractivity contribution < 1.29 is 4.79 Å². The third-order valence-electron chi connectivity index (χ3n) is 3.53. The van der Waals surface area contributed by atoms with Crippen LogP contribution in [-0.2, 0) is 6.54 Å². The van der Waals surface area contributed by atoms with Gasteiger partial charge >= 0.3 is 0 Å². The van der Waals surface area contributed by atoms with Gasteiger partial charge in [-0.05, 0) is 36.2 Å². The van der Waals surface area contributed by atoms with Gasteiger partial charge in [-0.1, -0.05) is 23.7 Å². The zero-order valence-electron chi connectivity index (χ0n) is 13.5. The van der Waals surface area contributed by atoms with Crippen LogP contribution in [0.3, 0.4) is 0 Å². The molecule has 0 atom stereocenters. The topological polar surface area (TPSA) is 79.8 Å². The molecule has 2 N–H and O–H groups in total. The van der Waals surface area contributed by atoms with Crippen LogP contribution in [-0.4, -0.2) is 20.9 Å². The summed E-state index contributed by atoms with van der Waals surface area (Å²) in [6, 6.07) is 10.8. The Hall–Kier alpha value is -2.99. The standard InChI is InChI=1S/C18H16ClN5O/c1-12-4-5-14(7-15(12)19)24-18(25)16-8-17(23-11-22-16)21-10-13-3-2-6-20-9-13/h2-9,11H,10H2,1H3,(H,24,25)(H,21,22,23). The van der Waals surface area contributed by atoms with Gasteiger partial charge in [-0.25, -0.2) is 9.97 Å². The fraction of sp³-hybridized carbons (Fsp3) is 0.111. The number of carbonyl (C=O) groups excluding carboxylic acids is 1. The molecule has 1 aromatic carbocycles.